The van der Waals surface area contributed by atoms with Gasteiger partial charge in [-0.2, -0.15) is 4.98 Å². The van der Waals surface area contributed by atoms with Crippen LogP contribution in [0.3, 0.4) is 0 Å². The lowest BCUT2D eigenvalue weighted by molar-refractivity contribution is -0.143. The molecule has 6 rings (SSSR count). The van der Waals surface area contributed by atoms with Crippen LogP contribution >= 0.6 is 0 Å². The van der Waals surface area contributed by atoms with Crippen LogP contribution < -0.4 is 37.9 Å². The number of nitrogen functional groups attached to an aromatic ring is 1. The number of nitrogens with one attached hydrogen (secondary N) is 6. The van der Waals surface area contributed by atoms with Gasteiger partial charge >= 0.3 is 12.1 Å². The second-order valence-corrected chi connectivity index (χ2v) is 17.7. The summed E-state index contributed by atoms with van der Waals surface area (Å²) in [5.74, 6) is -1.32. The molecule has 0 bridgehead atoms. The number of ether oxygens (including phenoxy) is 2. The Kier molecular flexibility index (Phi) is 21.7. The van der Waals surface area contributed by atoms with Crippen LogP contribution in [0.25, 0.3) is 11.2 Å². The van der Waals surface area contributed by atoms with Crippen molar-refractivity contribution in [3.63, 3.8) is 0 Å². The van der Waals surface area contributed by atoms with Gasteiger partial charge in [0.1, 0.15) is 6.61 Å². The van der Waals surface area contributed by atoms with Gasteiger partial charge in [0.15, 0.2) is 17.2 Å². The Balaban J connectivity index is 0.983. The van der Waals surface area contributed by atoms with Crippen molar-refractivity contribution >= 4 is 40.8 Å². The number of esters is 1. The summed E-state index contributed by atoms with van der Waals surface area (Å²) in [6.07, 6.45) is 12.4. The maximum atomic E-state index is 13.6. The Hall–Kier alpha value is -5.73. The SMILES string of the molecule is COC(=O)C(COC(=O)N1CCCN(Cc2ccc(CN3CCCCCCNCCCNCC3)cc2)CCCCCCNCC1)NC(=O)c1ccc(NCc2cnc3nc(N)[nH]c(=O)c3n2)cc1. The Bertz CT molecular complexity index is 2200. The molecule has 370 valence electrons. The van der Waals surface area contributed by atoms with Gasteiger partial charge in [-0.05, 0) is 113 Å². The summed E-state index contributed by atoms with van der Waals surface area (Å²) < 4.78 is 10.7. The lowest BCUT2D eigenvalue weighted by atomic mass is 10.1. The number of carbonyl (C=O) groups excluding carboxylic acids is 3. The van der Waals surface area contributed by atoms with Crippen LogP contribution in [0, 0.1) is 0 Å². The molecule has 4 aromatic rings. The highest BCUT2D eigenvalue weighted by Gasteiger charge is 2.26. The lowest BCUT2D eigenvalue weighted by Crippen LogP contribution is -2.47. The fourth-order valence-corrected chi connectivity index (χ4v) is 8.41. The number of anilines is 2. The summed E-state index contributed by atoms with van der Waals surface area (Å²) in [7, 11) is 1.22. The van der Waals surface area contributed by atoms with Crippen molar-refractivity contribution in [2.45, 2.75) is 89.9 Å². The number of aromatic amines is 1. The van der Waals surface area contributed by atoms with Crippen molar-refractivity contribution in [3.05, 3.63) is 87.5 Å². The zero-order valence-electron chi connectivity index (χ0n) is 39.9. The molecule has 68 heavy (non-hydrogen) atoms. The third kappa shape index (κ3) is 17.7. The number of nitrogens with two attached hydrogens (primary N) is 1. The van der Waals surface area contributed by atoms with Gasteiger partial charge in [-0.25, -0.2) is 19.6 Å². The van der Waals surface area contributed by atoms with Crippen molar-refractivity contribution in [2.24, 2.45) is 0 Å². The van der Waals surface area contributed by atoms with E-state index in [1.54, 1.807) is 29.2 Å². The van der Waals surface area contributed by atoms with Crippen molar-refractivity contribution in [2.75, 3.05) is 103 Å². The minimum absolute atomic E-state index is 0.0409. The van der Waals surface area contributed by atoms with E-state index < -0.39 is 36.2 Å². The van der Waals surface area contributed by atoms with E-state index in [2.05, 4.69) is 80.6 Å². The molecular formula is C49H73N13O6. The predicted octanol–water partition coefficient (Wildman–Crippen LogP) is 3.62. The molecule has 0 radical (unpaired) electrons. The topological polar surface area (TPSA) is 237 Å². The first kappa shape index (κ1) is 51.7. The number of carbonyl (C=O) groups is 3. The third-order valence-electron chi connectivity index (χ3n) is 12.3. The van der Waals surface area contributed by atoms with Gasteiger partial charge in [0.25, 0.3) is 11.5 Å². The van der Waals surface area contributed by atoms with E-state index in [4.69, 9.17) is 15.2 Å². The number of hydrogen-bond acceptors (Lipinski definition) is 16. The molecule has 2 saturated heterocycles. The number of rotatable bonds is 12. The zero-order chi connectivity index (χ0) is 47.8. The maximum absolute atomic E-state index is 13.6. The molecule has 2 amide bonds. The lowest BCUT2D eigenvalue weighted by Gasteiger charge is -2.27. The number of nitrogens with zero attached hydrogens (tertiary/aromatic N) is 6. The maximum Gasteiger partial charge on any atom is 0.409 e. The minimum Gasteiger partial charge on any atom is -0.467 e. The first-order valence-electron chi connectivity index (χ1n) is 24.5. The first-order valence-corrected chi connectivity index (χ1v) is 24.5. The molecule has 1 atom stereocenters. The van der Waals surface area contributed by atoms with Gasteiger partial charge in [-0.3, -0.25) is 24.4 Å². The van der Waals surface area contributed by atoms with Crippen LogP contribution in [0.5, 0.6) is 0 Å². The third-order valence-corrected chi connectivity index (χ3v) is 12.3. The summed E-state index contributed by atoms with van der Waals surface area (Å²) in [5, 5.41) is 16.5. The van der Waals surface area contributed by atoms with E-state index in [1.807, 2.05) is 0 Å². The van der Waals surface area contributed by atoms with Gasteiger partial charge in [0, 0.05) is 63.6 Å². The number of methoxy groups -OCH3 is 1. The second kappa shape index (κ2) is 28.6. The van der Waals surface area contributed by atoms with E-state index in [-0.39, 0.29) is 29.2 Å². The fraction of sp³-hybridized carbons (Fsp3) is 0.571. The first-order chi connectivity index (χ1) is 33.2. The van der Waals surface area contributed by atoms with E-state index in [0.29, 0.717) is 31.0 Å². The Morgan fingerprint density at radius 2 is 1.31 bits per heavy atom. The largest absolute Gasteiger partial charge is 0.467 e. The zero-order valence-corrected chi connectivity index (χ0v) is 39.9. The number of H-pyrrole nitrogens is 1. The average molecular weight is 940 g/mol. The van der Waals surface area contributed by atoms with Crippen molar-refractivity contribution < 1.29 is 23.9 Å². The molecule has 19 nitrogen and oxygen atoms in total. The highest BCUT2D eigenvalue weighted by molar-refractivity contribution is 5.97. The van der Waals surface area contributed by atoms with Crippen LogP contribution in [0.4, 0.5) is 16.4 Å². The van der Waals surface area contributed by atoms with Crippen molar-refractivity contribution in [3.8, 4) is 0 Å². The quantitative estimate of drug-likeness (QED) is 0.101. The highest BCUT2D eigenvalue weighted by Crippen LogP contribution is 2.15. The molecule has 0 saturated carbocycles. The molecule has 2 aliphatic rings. The fourth-order valence-electron chi connectivity index (χ4n) is 8.41. The van der Waals surface area contributed by atoms with Gasteiger partial charge in [0.05, 0.1) is 25.5 Å². The van der Waals surface area contributed by atoms with Gasteiger partial charge < -0.3 is 46.7 Å². The summed E-state index contributed by atoms with van der Waals surface area (Å²) in [6, 6.07) is 14.5. The Morgan fingerprint density at radius 1 is 0.706 bits per heavy atom. The number of fused-ring (bicyclic) bond motifs is 1. The summed E-state index contributed by atoms with van der Waals surface area (Å²) in [4.78, 5) is 73.7. The van der Waals surface area contributed by atoms with Crippen LogP contribution in [0.2, 0.25) is 0 Å². The van der Waals surface area contributed by atoms with Crippen LogP contribution in [-0.2, 0) is 33.9 Å². The Morgan fingerprint density at radius 3 is 1.99 bits per heavy atom. The standard InChI is InChI=1S/C49H73N13O6/c1-67-47(65)42(57-45(63)39-16-18-40(19-17-39)54-32-41-33-55-44-43(56-41)46(64)59-48(50)58-44)36-68-49(66)62-29-11-28-60(26-8-4-3-7-21-52-25-31-62)34-37-12-14-38(15-13-37)35-61-27-9-5-2-6-20-51-22-10-23-53-24-30-61/h12-19,33,42,51-54H,2-11,20-32,34-36H2,1H3,(H,57,63)(H3,50,55,58,59,64). The predicted molar refractivity (Wildman–Crippen MR) is 264 cm³/mol. The molecule has 4 heterocycles. The Labute approximate surface area is 400 Å². The van der Waals surface area contributed by atoms with E-state index in [9.17, 15) is 19.2 Å². The van der Waals surface area contributed by atoms with E-state index in [1.165, 1.54) is 56.5 Å². The minimum atomic E-state index is -1.23. The summed E-state index contributed by atoms with van der Waals surface area (Å²) in [5.41, 5.74) is 9.40. The molecule has 8 N–H and O–H groups in total. The monoisotopic (exact) mass is 940 g/mol. The van der Waals surface area contributed by atoms with E-state index >= 15 is 0 Å². The van der Waals surface area contributed by atoms with Crippen molar-refractivity contribution in [1.82, 2.24) is 55.9 Å². The molecular weight excluding hydrogens is 867 g/mol. The molecule has 2 fully saturated rings. The molecule has 19 heteroatoms. The molecule has 2 aliphatic heterocycles. The number of amides is 2. The number of aromatic nitrogens is 4. The molecule has 0 aliphatic carbocycles. The summed E-state index contributed by atoms with van der Waals surface area (Å²) >= 11 is 0. The molecule has 1 unspecified atom stereocenters. The highest BCUT2D eigenvalue weighted by atomic mass is 16.6. The van der Waals surface area contributed by atoms with Crippen LogP contribution in [0.15, 0.2) is 59.5 Å². The van der Waals surface area contributed by atoms with Gasteiger partial charge in [-0.1, -0.05) is 49.9 Å². The van der Waals surface area contributed by atoms with E-state index in [0.717, 1.165) is 104 Å². The van der Waals surface area contributed by atoms with Gasteiger partial charge in [0.2, 0.25) is 5.95 Å². The second-order valence-electron chi connectivity index (χ2n) is 17.7. The van der Waals surface area contributed by atoms with Gasteiger partial charge in [-0.15, -0.1) is 0 Å². The molecule has 0 spiro atoms. The van der Waals surface area contributed by atoms with Crippen LogP contribution in [-0.4, -0.2) is 151 Å². The average Bonchev–Trinajstić information content (AvgIpc) is 3.34. The normalized spacial score (nSPS) is 17.8. The van der Waals surface area contributed by atoms with Crippen LogP contribution in [0.1, 0.15) is 91.4 Å². The van der Waals surface area contributed by atoms with Crippen molar-refractivity contribution in [1.29, 1.82) is 0 Å². The smallest absolute Gasteiger partial charge is 0.409 e. The molecule has 2 aromatic heterocycles. The number of hydrogen-bond donors (Lipinski definition) is 7. The number of benzene rings is 2. The molecule has 2 aromatic carbocycles. The summed E-state index contributed by atoms with van der Waals surface area (Å²) in [6.45, 7) is 12.3.